The van der Waals surface area contributed by atoms with Gasteiger partial charge in [-0.25, -0.2) is 0 Å². The molecule has 0 amide bonds. The first-order valence-corrected chi connectivity index (χ1v) is 6.53. The number of nitrogens with two attached hydrogens (primary N) is 1. The molecule has 1 aromatic carbocycles. The Balaban J connectivity index is 2.23. The molecule has 0 aliphatic carbocycles. The van der Waals surface area contributed by atoms with Gasteiger partial charge in [-0.3, -0.25) is 0 Å². The van der Waals surface area contributed by atoms with Crippen LogP contribution in [-0.4, -0.2) is 24.7 Å². The van der Waals surface area contributed by atoms with E-state index in [1.807, 2.05) is 12.1 Å². The maximum Gasteiger partial charge on any atom is 0.0694 e. The lowest BCUT2D eigenvalue weighted by atomic mass is 10.0. The lowest BCUT2D eigenvalue weighted by molar-refractivity contribution is 0.281. The molecule has 0 spiro atoms. The molecule has 1 aliphatic rings. The lowest BCUT2D eigenvalue weighted by Crippen LogP contribution is -2.29. The predicted octanol–water partition coefficient (Wildman–Crippen LogP) is 1.48. The zero-order valence-corrected chi connectivity index (χ0v) is 10.7. The van der Waals surface area contributed by atoms with Gasteiger partial charge in [0.25, 0.3) is 0 Å². The highest BCUT2D eigenvalue weighted by atomic mass is 16.3. The van der Waals surface area contributed by atoms with Crippen LogP contribution >= 0.6 is 0 Å². The summed E-state index contributed by atoms with van der Waals surface area (Å²) >= 11 is 0. The van der Waals surface area contributed by atoms with Crippen LogP contribution in [0.5, 0.6) is 0 Å². The molecule has 3 N–H and O–H groups in total. The van der Waals surface area contributed by atoms with Crippen molar-refractivity contribution in [3.8, 4) is 11.8 Å². The third kappa shape index (κ3) is 3.04. The van der Waals surface area contributed by atoms with Gasteiger partial charge in [0.1, 0.15) is 0 Å². The lowest BCUT2D eigenvalue weighted by Gasteiger charge is -2.29. The number of anilines is 1. The van der Waals surface area contributed by atoms with E-state index in [0.29, 0.717) is 6.54 Å². The van der Waals surface area contributed by atoms with Gasteiger partial charge in [0.15, 0.2) is 0 Å². The number of hydrogen-bond acceptors (Lipinski definition) is 3. The summed E-state index contributed by atoms with van der Waals surface area (Å²) in [5.74, 6) is 5.83. The van der Waals surface area contributed by atoms with Gasteiger partial charge in [0, 0.05) is 24.3 Å². The molecule has 0 unspecified atom stereocenters. The van der Waals surface area contributed by atoms with E-state index < -0.39 is 0 Å². The first-order valence-electron chi connectivity index (χ1n) is 6.53. The number of rotatable bonds is 2. The Bertz CT molecular complexity index is 453. The molecule has 96 valence electrons. The van der Waals surface area contributed by atoms with Crippen molar-refractivity contribution >= 4 is 5.69 Å². The van der Waals surface area contributed by atoms with Crippen molar-refractivity contribution in [1.29, 1.82) is 0 Å². The number of nitrogens with zero attached hydrogens (tertiary/aromatic N) is 1. The van der Waals surface area contributed by atoms with Crippen LogP contribution in [0.1, 0.15) is 30.4 Å². The van der Waals surface area contributed by atoms with Gasteiger partial charge < -0.3 is 15.7 Å². The van der Waals surface area contributed by atoms with Crippen LogP contribution in [-0.2, 0) is 6.61 Å². The molecule has 0 bridgehead atoms. The summed E-state index contributed by atoms with van der Waals surface area (Å²) in [6.45, 7) is 2.59. The molecule has 2 rings (SSSR count). The van der Waals surface area contributed by atoms with E-state index in [9.17, 15) is 5.11 Å². The van der Waals surface area contributed by atoms with E-state index in [0.717, 1.165) is 24.2 Å². The van der Waals surface area contributed by atoms with Crippen molar-refractivity contribution in [2.75, 3.05) is 24.5 Å². The molecule has 1 saturated heterocycles. The van der Waals surface area contributed by atoms with Gasteiger partial charge >= 0.3 is 0 Å². The molecule has 0 aromatic heterocycles. The van der Waals surface area contributed by atoms with Gasteiger partial charge in [-0.05, 0) is 43.0 Å². The fraction of sp³-hybridized carbons (Fsp3) is 0.467. The summed E-state index contributed by atoms with van der Waals surface area (Å²) < 4.78 is 0. The fourth-order valence-electron chi connectivity index (χ4n) is 2.33. The minimum Gasteiger partial charge on any atom is -0.392 e. The highest BCUT2D eigenvalue weighted by Crippen LogP contribution is 2.22. The van der Waals surface area contributed by atoms with Crippen molar-refractivity contribution in [3.63, 3.8) is 0 Å². The molecule has 1 aromatic rings. The van der Waals surface area contributed by atoms with E-state index in [2.05, 4.69) is 22.8 Å². The van der Waals surface area contributed by atoms with Crippen molar-refractivity contribution in [2.45, 2.75) is 25.9 Å². The molecule has 1 fully saturated rings. The zero-order valence-electron chi connectivity index (χ0n) is 10.7. The first kappa shape index (κ1) is 12.9. The van der Waals surface area contributed by atoms with Crippen LogP contribution in [0.3, 0.4) is 0 Å². The van der Waals surface area contributed by atoms with Crippen molar-refractivity contribution in [3.05, 3.63) is 29.3 Å². The fourth-order valence-corrected chi connectivity index (χ4v) is 2.33. The van der Waals surface area contributed by atoms with E-state index in [1.165, 1.54) is 24.9 Å². The van der Waals surface area contributed by atoms with Crippen LogP contribution in [0.25, 0.3) is 0 Å². The second-order valence-electron chi connectivity index (χ2n) is 4.55. The third-order valence-electron chi connectivity index (χ3n) is 3.31. The van der Waals surface area contributed by atoms with Crippen molar-refractivity contribution in [2.24, 2.45) is 5.73 Å². The van der Waals surface area contributed by atoms with E-state index in [1.54, 1.807) is 0 Å². The van der Waals surface area contributed by atoms with Crippen molar-refractivity contribution in [1.82, 2.24) is 0 Å². The summed E-state index contributed by atoms with van der Waals surface area (Å²) in [4.78, 5) is 2.38. The Labute approximate surface area is 109 Å². The number of piperidine rings is 1. The second kappa shape index (κ2) is 6.44. The molecular weight excluding hydrogens is 224 g/mol. The van der Waals surface area contributed by atoms with E-state index >= 15 is 0 Å². The minimum absolute atomic E-state index is 0.0241. The predicted molar refractivity (Wildman–Crippen MR) is 74.4 cm³/mol. The summed E-state index contributed by atoms with van der Waals surface area (Å²) in [6.07, 6.45) is 3.83. The SMILES string of the molecule is NCC#Cc1ccc(N2CCCCC2)cc1CO. The quantitative estimate of drug-likeness (QED) is 0.775. The van der Waals surface area contributed by atoms with Gasteiger partial charge in [0.2, 0.25) is 0 Å². The highest BCUT2D eigenvalue weighted by molar-refractivity contribution is 5.55. The normalized spacial score (nSPS) is 15.1. The van der Waals surface area contributed by atoms with Gasteiger partial charge in [0.05, 0.1) is 13.2 Å². The monoisotopic (exact) mass is 244 g/mol. The Hall–Kier alpha value is -1.50. The minimum atomic E-state index is 0.0241. The number of hydrogen-bond donors (Lipinski definition) is 2. The number of benzene rings is 1. The molecule has 0 saturated carbocycles. The molecule has 3 nitrogen and oxygen atoms in total. The Kier molecular flexibility index (Phi) is 4.63. The summed E-state index contributed by atoms with van der Waals surface area (Å²) in [5, 5.41) is 9.42. The number of aliphatic hydroxyl groups is 1. The van der Waals surface area contributed by atoms with Gasteiger partial charge in [-0.2, -0.15) is 0 Å². The molecular formula is C15H20N2O. The summed E-state index contributed by atoms with van der Waals surface area (Å²) in [6, 6.07) is 6.12. The Morgan fingerprint density at radius 2 is 2.00 bits per heavy atom. The molecule has 0 radical (unpaired) electrons. The van der Waals surface area contributed by atoms with Crippen molar-refractivity contribution < 1.29 is 5.11 Å². The molecule has 18 heavy (non-hydrogen) atoms. The average molecular weight is 244 g/mol. The van der Waals surface area contributed by atoms with Crippen LogP contribution in [0.15, 0.2) is 18.2 Å². The second-order valence-corrected chi connectivity index (χ2v) is 4.55. The molecule has 0 atom stereocenters. The van der Waals surface area contributed by atoms with Crippen LogP contribution in [0.2, 0.25) is 0 Å². The third-order valence-corrected chi connectivity index (χ3v) is 3.31. The standard InChI is InChI=1S/C15H20N2O/c16-8-4-5-13-6-7-15(11-14(13)12-18)17-9-2-1-3-10-17/h6-7,11,18H,1-3,8-10,12,16H2. The highest BCUT2D eigenvalue weighted by Gasteiger charge is 2.12. The summed E-state index contributed by atoms with van der Waals surface area (Å²) in [7, 11) is 0. The smallest absolute Gasteiger partial charge is 0.0694 e. The summed E-state index contributed by atoms with van der Waals surface area (Å²) in [5.41, 5.74) is 8.33. The largest absolute Gasteiger partial charge is 0.392 e. The van der Waals surface area contributed by atoms with Crippen LogP contribution in [0, 0.1) is 11.8 Å². The number of aliphatic hydroxyl groups excluding tert-OH is 1. The molecule has 1 heterocycles. The first-order chi connectivity index (χ1) is 8.85. The average Bonchev–Trinajstić information content (AvgIpc) is 2.46. The topological polar surface area (TPSA) is 49.5 Å². The maximum atomic E-state index is 9.42. The maximum absolute atomic E-state index is 9.42. The van der Waals surface area contributed by atoms with Crippen LogP contribution < -0.4 is 10.6 Å². The van der Waals surface area contributed by atoms with Gasteiger partial charge in [-0.1, -0.05) is 11.8 Å². The van der Waals surface area contributed by atoms with Crippen LogP contribution in [0.4, 0.5) is 5.69 Å². The molecule has 3 heteroatoms. The Morgan fingerprint density at radius 3 is 2.67 bits per heavy atom. The molecule has 1 aliphatic heterocycles. The zero-order chi connectivity index (χ0) is 12.8. The van der Waals surface area contributed by atoms with Gasteiger partial charge in [-0.15, -0.1) is 0 Å². The van der Waals surface area contributed by atoms with E-state index in [-0.39, 0.29) is 6.61 Å². The van der Waals surface area contributed by atoms with E-state index in [4.69, 9.17) is 5.73 Å². The Morgan fingerprint density at radius 1 is 1.22 bits per heavy atom.